The van der Waals surface area contributed by atoms with E-state index in [0.717, 1.165) is 5.56 Å². The molecule has 1 aromatic rings. The van der Waals surface area contributed by atoms with Crippen LogP contribution in [0.3, 0.4) is 0 Å². The number of rotatable bonds is 4. The number of hydrogen-bond donors (Lipinski definition) is 1. The Morgan fingerprint density at radius 1 is 1.23 bits per heavy atom. The van der Waals surface area contributed by atoms with Crippen molar-refractivity contribution in [3.8, 4) is 6.07 Å². The van der Waals surface area contributed by atoms with Crippen LogP contribution in [0, 0.1) is 16.7 Å². The third-order valence-corrected chi connectivity index (χ3v) is 6.71. The lowest BCUT2D eigenvalue weighted by molar-refractivity contribution is -0.0124. The summed E-state index contributed by atoms with van der Waals surface area (Å²) in [6, 6.07) is 11.3. The van der Waals surface area contributed by atoms with E-state index < -0.39 is 21.0 Å². The summed E-state index contributed by atoms with van der Waals surface area (Å²) in [5, 5.41) is 20.0. The largest absolute Gasteiger partial charge is 0.384 e. The molecule has 22 heavy (non-hydrogen) atoms. The van der Waals surface area contributed by atoms with E-state index in [1.165, 1.54) is 4.31 Å². The van der Waals surface area contributed by atoms with Gasteiger partial charge in [-0.2, -0.15) is 9.57 Å². The summed E-state index contributed by atoms with van der Waals surface area (Å²) in [6.45, 7) is 0.486. The van der Waals surface area contributed by atoms with Gasteiger partial charge in [-0.3, -0.25) is 0 Å². The van der Waals surface area contributed by atoms with E-state index >= 15 is 0 Å². The topological polar surface area (TPSA) is 81.4 Å². The molecule has 5 nitrogen and oxygen atoms in total. The van der Waals surface area contributed by atoms with Crippen molar-refractivity contribution in [2.75, 3.05) is 18.8 Å². The first kappa shape index (κ1) is 15.5. The minimum absolute atomic E-state index is 0.0703. The highest BCUT2D eigenvalue weighted by Crippen LogP contribution is 2.46. The highest BCUT2D eigenvalue weighted by molar-refractivity contribution is 7.89. The molecule has 1 atom stereocenters. The second-order valence-corrected chi connectivity index (χ2v) is 8.45. The fourth-order valence-corrected chi connectivity index (χ4v) is 5.15. The molecule has 0 spiro atoms. The fraction of sp³-hybridized carbons (Fsp3) is 0.562. The number of sulfonamides is 1. The van der Waals surface area contributed by atoms with Gasteiger partial charge in [0, 0.05) is 13.1 Å². The van der Waals surface area contributed by atoms with Crippen LogP contribution in [-0.4, -0.2) is 36.7 Å². The van der Waals surface area contributed by atoms with Gasteiger partial charge in [0.05, 0.1) is 17.2 Å². The van der Waals surface area contributed by atoms with E-state index in [-0.39, 0.29) is 12.3 Å². The molecule has 0 amide bonds. The molecule has 0 bridgehead atoms. The van der Waals surface area contributed by atoms with Crippen LogP contribution in [0.25, 0.3) is 0 Å². The molecule has 1 heterocycles. The number of β-amino-alcohol motifs (C(OH)–C–C–N with tert-alkyl or cyclic N) is 1. The maximum atomic E-state index is 12.6. The van der Waals surface area contributed by atoms with Gasteiger partial charge < -0.3 is 5.11 Å². The smallest absolute Gasteiger partial charge is 0.215 e. The van der Waals surface area contributed by atoms with Gasteiger partial charge in [0.1, 0.15) is 5.60 Å². The second kappa shape index (κ2) is 5.34. The zero-order valence-electron chi connectivity index (χ0n) is 12.4. The molecule has 6 heteroatoms. The minimum atomic E-state index is -3.52. The Morgan fingerprint density at radius 3 is 2.50 bits per heavy atom. The van der Waals surface area contributed by atoms with Crippen molar-refractivity contribution >= 4 is 10.0 Å². The van der Waals surface area contributed by atoms with Crippen LogP contribution < -0.4 is 0 Å². The van der Waals surface area contributed by atoms with Crippen molar-refractivity contribution in [2.24, 2.45) is 5.41 Å². The van der Waals surface area contributed by atoms with Gasteiger partial charge in [-0.15, -0.1) is 0 Å². The summed E-state index contributed by atoms with van der Waals surface area (Å²) in [6.07, 6.45) is 2.47. The zero-order valence-corrected chi connectivity index (χ0v) is 13.2. The van der Waals surface area contributed by atoms with Crippen molar-refractivity contribution in [3.63, 3.8) is 0 Å². The van der Waals surface area contributed by atoms with Crippen molar-refractivity contribution in [2.45, 2.75) is 31.3 Å². The highest BCUT2D eigenvalue weighted by atomic mass is 32.2. The molecule has 0 radical (unpaired) electrons. The average Bonchev–Trinajstić information content (AvgIpc) is 3.28. The van der Waals surface area contributed by atoms with Gasteiger partial charge in [0.25, 0.3) is 0 Å². The van der Waals surface area contributed by atoms with Gasteiger partial charge in [-0.1, -0.05) is 30.3 Å². The van der Waals surface area contributed by atoms with Gasteiger partial charge in [0.15, 0.2) is 0 Å². The molecule has 1 aliphatic carbocycles. The van der Waals surface area contributed by atoms with E-state index in [1.807, 2.05) is 30.3 Å². The third kappa shape index (κ3) is 2.89. The standard InChI is InChI=1S/C16H20N2O3S/c17-11-15(8-9-15)13-22(20,21)18-10-4-7-16(19,12-18)14-5-2-1-3-6-14/h1-3,5-6,19H,4,7-10,12-13H2. The average molecular weight is 320 g/mol. The first-order valence-corrected chi connectivity index (χ1v) is 9.17. The predicted molar refractivity (Wildman–Crippen MR) is 82.2 cm³/mol. The van der Waals surface area contributed by atoms with E-state index in [9.17, 15) is 13.5 Å². The second-order valence-electron chi connectivity index (χ2n) is 6.48. The van der Waals surface area contributed by atoms with E-state index in [0.29, 0.717) is 32.2 Å². The Hall–Kier alpha value is -1.42. The monoisotopic (exact) mass is 320 g/mol. The van der Waals surface area contributed by atoms with Crippen molar-refractivity contribution in [3.05, 3.63) is 35.9 Å². The first-order valence-electron chi connectivity index (χ1n) is 7.56. The first-order chi connectivity index (χ1) is 10.4. The Balaban J connectivity index is 1.80. The maximum absolute atomic E-state index is 12.6. The summed E-state index contributed by atoms with van der Waals surface area (Å²) in [5.41, 5.74) is -1.09. The molecule has 2 fully saturated rings. The fourth-order valence-electron chi connectivity index (χ4n) is 3.10. The summed E-state index contributed by atoms with van der Waals surface area (Å²) in [4.78, 5) is 0. The van der Waals surface area contributed by atoms with Crippen LogP contribution in [0.2, 0.25) is 0 Å². The van der Waals surface area contributed by atoms with E-state index in [1.54, 1.807) is 0 Å². The van der Waals surface area contributed by atoms with Crippen LogP contribution in [0.1, 0.15) is 31.2 Å². The molecule has 0 aromatic heterocycles. The van der Waals surface area contributed by atoms with E-state index in [4.69, 9.17) is 5.26 Å². The van der Waals surface area contributed by atoms with Crippen molar-refractivity contribution in [1.29, 1.82) is 5.26 Å². The lowest BCUT2D eigenvalue weighted by Gasteiger charge is -2.39. The molecule has 1 N–H and O–H groups in total. The number of aliphatic hydroxyl groups is 1. The molecule has 118 valence electrons. The molecule has 1 unspecified atom stereocenters. The summed E-state index contributed by atoms with van der Waals surface area (Å²) >= 11 is 0. The molecule has 1 aromatic carbocycles. The summed E-state index contributed by atoms with van der Waals surface area (Å²) in [7, 11) is -3.52. The lowest BCUT2D eigenvalue weighted by Crippen LogP contribution is -2.49. The maximum Gasteiger partial charge on any atom is 0.215 e. The lowest BCUT2D eigenvalue weighted by atomic mass is 9.87. The predicted octanol–water partition coefficient (Wildman–Crippen LogP) is 1.60. The molecular weight excluding hydrogens is 300 g/mol. The van der Waals surface area contributed by atoms with Crippen LogP contribution in [0.5, 0.6) is 0 Å². The van der Waals surface area contributed by atoms with Crippen LogP contribution >= 0.6 is 0 Å². The zero-order chi connectivity index (χ0) is 15.8. The molecular formula is C16H20N2O3S. The number of hydrogen-bond acceptors (Lipinski definition) is 4. The quantitative estimate of drug-likeness (QED) is 0.913. The number of benzene rings is 1. The normalized spacial score (nSPS) is 28.0. The Bertz CT molecular complexity index is 692. The minimum Gasteiger partial charge on any atom is -0.384 e. The molecule has 1 aliphatic heterocycles. The van der Waals surface area contributed by atoms with Crippen molar-refractivity contribution in [1.82, 2.24) is 4.31 Å². The van der Waals surface area contributed by atoms with Crippen molar-refractivity contribution < 1.29 is 13.5 Å². The number of nitrogens with zero attached hydrogens (tertiary/aromatic N) is 2. The van der Waals surface area contributed by atoms with Crippen LogP contribution in [0.4, 0.5) is 0 Å². The summed E-state index contributed by atoms with van der Waals surface area (Å²) < 4.78 is 26.5. The Labute approximate surface area is 131 Å². The van der Waals surface area contributed by atoms with Crippen LogP contribution in [0.15, 0.2) is 30.3 Å². The summed E-state index contributed by atoms with van der Waals surface area (Å²) in [5.74, 6) is -0.124. The molecule has 3 rings (SSSR count). The molecule has 1 saturated heterocycles. The number of piperidine rings is 1. The van der Waals surface area contributed by atoms with Gasteiger partial charge in [0.2, 0.25) is 10.0 Å². The SMILES string of the molecule is N#CC1(CS(=O)(=O)N2CCCC(O)(c3ccccc3)C2)CC1. The van der Waals surface area contributed by atoms with Crippen LogP contribution in [-0.2, 0) is 15.6 Å². The highest BCUT2D eigenvalue weighted by Gasteiger charge is 2.49. The third-order valence-electron chi connectivity index (χ3n) is 4.69. The molecule has 1 saturated carbocycles. The van der Waals surface area contributed by atoms with E-state index in [2.05, 4.69) is 6.07 Å². The Morgan fingerprint density at radius 2 is 1.91 bits per heavy atom. The Kier molecular flexibility index (Phi) is 3.76. The molecule has 2 aliphatic rings. The van der Waals surface area contributed by atoms with Gasteiger partial charge in [-0.05, 0) is 31.2 Å². The van der Waals surface area contributed by atoms with Gasteiger partial charge >= 0.3 is 0 Å². The number of nitriles is 1. The van der Waals surface area contributed by atoms with Gasteiger partial charge in [-0.25, -0.2) is 8.42 Å².